The fraction of sp³-hybridized carbons (Fsp3) is 0.923. The summed E-state index contributed by atoms with van der Waals surface area (Å²) in [6, 6.07) is 0. The van der Waals surface area contributed by atoms with Crippen molar-refractivity contribution in [1.82, 2.24) is 4.90 Å². The van der Waals surface area contributed by atoms with Gasteiger partial charge in [-0.05, 0) is 56.7 Å². The van der Waals surface area contributed by atoms with Gasteiger partial charge in [-0.3, -0.25) is 0 Å². The van der Waals surface area contributed by atoms with Crippen molar-refractivity contribution in [3.63, 3.8) is 0 Å². The maximum atomic E-state index is 5.50. The number of nitrogens with zero attached hydrogens (tertiary/aromatic N) is 1. The van der Waals surface area contributed by atoms with E-state index in [-0.39, 0.29) is 0 Å². The first-order valence-electron chi connectivity index (χ1n) is 6.40. The Bertz CT molecular complexity index is 225. The molecule has 0 radical (unpaired) electrons. The predicted molar refractivity (Wildman–Crippen MR) is 74.6 cm³/mol. The smallest absolute Gasteiger partial charge is 0.0727 e. The van der Waals surface area contributed by atoms with Crippen molar-refractivity contribution in [2.75, 3.05) is 19.6 Å². The molecule has 1 fully saturated rings. The average molecular weight is 242 g/mol. The van der Waals surface area contributed by atoms with E-state index in [2.05, 4.69) is 25.7 Å². The molecule has 1 aliphatic rings. The zero-order valence-corrected chi connectivity index (χ0v) is 11.8. The predicted octanol–water partition coefficient (Wildman–Crippen LogP) is 2.81. The summed E-state index contributed by atoms with van der Waals surface area (Å²) >= 11 is 4.89. The summed E-state index contributed by atoms with van der Waals surface area (Å²) in [6.07, 6.45) is 4.71. The quantitative estimate of drug-likeness (QED) is 0.769. The van der Waals surface area contributed by atoms with Crippen LogP contribution in [0.15, 0.2) is 0 Å². The molecule has 94 valence electrons. The molecule has 0 spiro atoms. The second kappa shape index (κ2) is 5.97. The van der Waals surface area contributed by atoms with Crippen molar-refractivity contribution >= 4 is 17.2 Å². The number of hydrogen-bond acceptors (Lipinski definition) is 2. The van der Waals surface area contributed by atoms with Gasteiger partial charge < -0.3 is 10.6 Å². The van der Waals surface area contributed by atoms with Gasteiger partial charge in [-0.15, -0.1) is 0 Å². The fourth-order valence-electron chi connectivity index (χ4n) is 2.50. The third-order valence-corrected chi connectivity index (χ3v) is 3.91. The minimum absolute atomic E-state index is 0.477. The molecule has 2 N–H and O–H groups in total. The summed E-state index contributed by atoms with van der Waals surface area (Å²) in [5.74, 6) is 0.888. The molecule has 0 saturated carbocycles. The van der Waals surface area contributed by atoms with Crippen molar-refractivity contribution in [2.24, 2.45) is 17.1 Å². The van der Waals surface area contributed by atoms with Crippen LogP contribution in [0.1, 0.15) is 46.5 Å². The van der Waals surface area contributed by atoms with Crippen LogP contribution in [-0.2, 0) is 0 Å². The first kappa shape index (κ1) is 13.9. The SMILES string of the molecule is CC(C)(C)C1CCN(CCCC(N)=S)CC1. The maximum absolute atomic E-state index is 5.50. The minimum atomic E-state index is 0.477. The van der Waals surface area contributed by atoms with E-state index < -0.39 is 0 Å². The fourth-order valence-corrected chi connectivity index (χ4v) is 2.64. The Morgan fingerprint density at radius 2 is 1.88 bits per heavy atom. The van der Waals surface area contributed by atoms with Crippen LogP contribution in [0.4, 0.5) is 0 Å². The van der Waals surface area contributed by atoms with E-state index in [1.807, 2.05) is 0 Å². The molecular formula is C13H26N2S. The molecule has 0 aliphatic carbocycles. The highest BCUT2D eigenvalue weighted by Crippen LogP contribution is 2.34. The van der Waals surface area contributed by atoms with Crippen molar-refractivity contribution < 1.29 is 0 Å². The highest BCUT2D eigenvalue weighted by Gasteiger charge is 2.28. The molecule has 1 heterocycles. The van der Waals surface area contributed by atoms with Crippen LogP contribution in [0.3, 0.4) is 0 Å². The Morgan fingerprint density at radius 3 is 2.31 bits per heavy atom. The molecule has 1 rings (SSSR count). The standard InChI is InChI=1S/C13H26N2S/c1-13(2,3)11-6-9-15(10-7-11)8-4-5-12(14)16/h11H,4-10H2,1-3H3,(H2,14,16). The van der Waals surface area contributed by atoms with Gasteiger partial charge in [0.2, 0.25) is 0 Å². The number of likely N-dealkylation sites (tertiary alicyclic amines) is 1. The van der Waals surface area contributed by atoms with Crippen LogP contribution in [-0.4, -0.2) is 29.5 Å². The summed E-state index contributed by atoms with van der Waals surface area (Å²) in [6.45, 7) is 10.7. The van der Waals surface area contributed by atoms with E-state index >= 15 is 0 Å². The lowest BCUT2D eigenvalue weighted by molar-refractivity contribution is 0.112. The molecule has 0 atom stereocenters. The molecule has 0 aromatic heterocycles. The van der Waals surface area contributed by atoms with Gasteiger partial charge in [-0.2, -0.15) is 0 Å². The summed E-state index contributed by atoms with van der Waals surface area (Å²) in [5.41, 5.74) is 5.98. The molecule has 0 aromatic carbocycles. The minimum Gasteiger partial charge on any atom is -0.393 e. The number of hydrogen-bond donors (Lipinski definition) is 1. The van der Waals surface area contributed by atoms with Crippen LogP contribution in [0.5, 0.6) is 0 Å². The third-order valence-electron chi connectivity index (χ3n) is 3.71. The van der Waals surface area contributed by atoms with E-state index in [9.17, 15) is 0 Å². The van der Waals surface area contributed by atoms with Crippen LogP contribution < -0.4 is 5.73 Å². The summed E-state index contributed by atoms with van der Waals surface area (Å²) in [4.78, 5) is 3.21. The molecule has 1 aliphatic heterocycles. The van der Waals surface area contributed by atoms with Gasteiger partial charge in [0.25, 0.3) is 0 Å². The van der Waals surface area contributed by atoms with E-state index in [0.717, 1.165) is 25.3 Å². The lowest BCUT2D eigenvalue weighted by Crippen LogP contribution is -2.38. The lowest BCUT2D eigenvalue weighted by Gasteiger charge is -2.38. The zero-order chi connectivity index (χ0) is 12.2. The summed E-state index contributed by atoms with van der Waals surface area (Å²) in [7, 11) is 0. The Kier molecular flexibility index (Phi) is 5.19. The Labute approximate surface area is 106 Å². The lowest BCUT2D eigenvalue weighted by atomic mass is 9.75. The largest absolute Gasteiger partial charge is 0.393 e. The second-order valence-corrected chi connectivity index (χ2v) is 6.58. The molecule has 0 amide bonds. The summed E-state index contributed by atoms with van der Waals surface area (Å²) in [5, 5.41) is 0. The first-order chi connectivity index (χ1) is 7.39. The topological polar surface area (TPSA) is 29.3 Å². The Balaban J connectivity index is 2.19. The Morgan fingerprint density at radius 1 is 1.31 bits per heavy atom. The van der Waals surface area contributed by atoms with Gasteiger partial charge in [0.1, 0.15) is 0 Å². The molecule has 16 heavy (non-hydrogen) atoms. The zero-order valence-electron chi connectivity index (χ0n) is 11.0. The van der Waals surface area contributed by atoms with Crippen molar-refractivity contribution in [1.29, 1.82) is 0 Å². The van der Waals surface area contributed by atoms with E-state index in [0.29, 0.717) is 10.4 Å². The molecule has 0 unspecified atom stereocenters. The van der Waals surface area contributed by atoms with Gasteiger partial charge in [-0.1, -0.05) is 33.0 Å². The number of piperidine rings is 1. The molecule has 3 heteroatoms. The highest BCUT2D eigenvalue weighted by molar-refractivity contribution is 7.80. The van der Waals surface area contributed by atoms with E-state index in [4.69, 9.17) is 18.0 Å². The third kappa shape index (κ3) is 4.79. The first-order valence-corrected chi connectivity index (χ1v) is 6.81. The highest BCUT2D eigenvalue weighted by atomic mass is 32.1. The number of thiocarbonyl (C=S) groups is 1. The van der Waals surface area contributed by atoms with Crippen LogP contribution >= 0.6 is 12.2 Å². The molecule has 1 saturated heterocycles. The van der Waals surface area contributed by atoms with Crippen molar-refractivity contribution in [3.8, 4) is 0 Å². The van der Waals surface area contributed by atoms with Crippen LogP contribution in [0.2, 0.25) is 0 Å². The van der Waals surface area contributed by atoms with Gasteiger partial charge in [0, 0.05) is 0 Å². The summed E-state index contributed by atoms with van der Waals surface area (Å²) < 4.78 is 0. The average Bonchev–Trinajstić information content (AvgIpc) is 2.16. The van der Waals surface area contributed by atoms with Crippen LogP contribution in [0.25, 0.3) is 0 Å². The number of rotatable bonds is 4. The molecular weight excluding hydrogens is 216 g/mol. The van der Waals surface area contributed by atoms with E-state index in [1.54, 1.807) is 0 Å². The van der Waals surface area contributed by atoms with Gasteiger partial charge in [0.15, 0.2) is 0 Å². The second-order valence-electron chi connectivity index (χ2n) is 6.05. The van der Waals surface area contributed by atoms with Crippen LogP contribution in [0, 0.1) is 11.3 Å². The molecule has 0 aromatic rings. The molecule has 0 bridgehead atoms. The monoisotopic (exact) mass is 242 g/mol. The Hall–Kier alpha value is -0.150. The van der Waals surface area contributed by atoms with Gasteiger partial charge in [-0.25, -0.2) is 0 Å². The van der Waals surface area contributed by atoms with Crippen molar-refractivity contribution in [3.05, 3.63) is 0 Å². The van der Waals surface area contributed by atoms with E-state index in [1.165, 1.54) is 25.9 Å². The number of nitrogens with two attached hydrogens (primary N) is 1. The normalized spacial score (nSPS) is 19.9. The van der Waals surface area contributed by atoms with Crippen molar-refractivity contribution in [2.45, 2.75) is 46.5 Å². The van der Waals surface area contributed by atoms with Gasteiger partial charge in [0.05, 0.1) is 4.99 Å². The van der Waals surface area contributed by atoms with Gasteiger partial charge >= 0.3 is 0 Å². The molecule has 2 nitrogen and oxygen atoms in total. The maximum Gasteiger partial charge on any atom is 0.0727 e.